The van der Waals surface area contributed by atoms with Crippen LogP contribution in [0, 0.1) is 0 Å². The Hall–Kier alpha value is -1.59. The quantitative estimate of drug-likeness (QED) is 0.647. The molecule has 0 aromatic heterocycles. The van der Waals surface area contributed by atoms with Gasteiger partial charge in [0, 0.05) is 12.1 Å². The monoisotopic (exact) mass is 333 g/mol. The third-order valence-corrected chi connectivity index (χ3v) is 4.65. The Balaban J connectivity index is 1.49. The molecule has 0 heterocycles. The summed E-state index contributed by atoms with van der Waals surface area (Å²) in [4.78, 5) is 14.2. The molecule has 0 spiro atoms. The van der Waals surface area contributed by atoms with Crippen molar-refractivity contribution in [1.29, 1.82) is 0 Å². The van der Waals surface area contributed by atoms with Gasteiger partial charge in [0.2, 0.25) is 0 Å². The van der Waals surface area contributed by atoms with Crippen molar-refractivity contribution < 1.29 is 9.53 Å². The van der Waals surface area contributed by atoms with Crippen molar-refractivity contribution in [3.63, 3.8) is 0 Å². The smallest absolute Gasteiger partial charge is 0.407 e. The van der Waals surface area contributed by atoms with Crippen LogP contribution in [0.15, 0.2) is 30.3 Å². The number of carbonyl (C=O) groups excluding carboxylic acids is 1. The van der Waals surface area contributed by atoms with Crippen molar-refractivity contribution >= 4 is 6.09 Å². The minimum absolute atomic E-state index is 0.244. The summed E-state index contributed by atoms with van der Waals surface area (Å²) in [5, 5.41) is 6.50. The molecule has 1 amide bonds. The molecule has 1 aromatic rings. The standard InChI is InChI=1S/C19H31N3O2/c1-3-22(4-2)12-8-11-20-17-13-18(14-17)21-19(23)24-15-16-9-6-5-7-10-16/h5-7,9-10,17-18,20H,3-4,8,11-15H2,1-2H3,(H,21,23). The predicted molar refractivity (Wildman–Crippen MR) is 97.0 cm³/mol. The van der Waals surface area contributed by atoms with Gasteiger partial charge in [-0.1, -0.05) is 44.2 Å². The molecular formula is C19H31N3O2. The molecule has 5 heteroatoms. The number of ether oxygens (including phenoxy) is 1. The Morgan fingerprint density at radius 2 is 1.88 bits per heavy atom. The van der Waals surface area contributed by atoms with Crippen LogP contribution in [0.4, 0.5) is 4.79 Å². The van der Waals surface area contributed by atoms with Gasteiger partial charge < -0.3 is 20.3 Å². The SMILES string of the molecule is CCN(CC)CCCNC1CC(NC(=O)OCc2ccccc2)C1. The van der Waals surface area contributed by atoms with Gasteiger partial charge in [-0.15, -0.1) is 0 Å². The zero-order valence-corrected chi connectivity index (χ0v) is 15.0. The fraction of sp³-hybridized carbons (Fsp3) is 0.632. The van der Waals surface area contributed by atoms with Gasteiger partial charge in [-0.3, -0.25) is 0 Å². The van der Waals surface area contributed by atoms with E-state index in [-0.39, 0.29) is 12.1 Å². The summed E-state index contributed by atoms with van der Waals surface area (Å²) >= 11 is 0. The number of hydrogen-bond donors (Lipinski definition) is 2. The lowest BCUT2D eigenvalue weighted by Crippen LogP contribution is -2.52. The van der Waals surface area contributed by atoms with E-state index >= 15 is 0 Å². The molecule has 0 aliphatic heterocycles. The maximum atomic E-state index is 11.8. The van der Waals surface area contributed by atoms with Crippen LogP contribution in [0.25, 0.3) is 0 Å². The van der Waals surface area contributed by atoms with Crippen LogP contribution < -0.4 is 10.6 Å². The molecule has 1 saturated carbocycles. The second-order valence-corrected chi connectivity index (χ2v) is 6.41. The van der Waals surface area contributed by atoms with E-state index in [0.717, 1.165) is 44.6 Å². The van der Waals surface area contributed by atoms with Crippen LogP contribution >= 0.6 is 0 Å². The normalized spacial score (nSPS) is 19.8. The minimum Gasteiger partial charge on any atom is -0.445 e. The molecule has 1 aromatic carbocycles. The molecule has 134 valence electrons. The number of carbonyl (C=O) groups is 1. The highest BCUT2D eigenvalue weighted by Crippen LogP contribution is 2.20. The molecule has 0 saturated heterocycles. The van der Waals surface area contributed by atoms with Gasteiger partial charge in [-0.05, 0) is 51.0 Å². The van der Waals surface area contributed by atoms with Crippen LogP contribution in [0.2, 0.25) is 0 Å². The number of nitrogens with zero attached hydrogens (tertiary/aromatic N) is 1. The lowest BCUT2D eigenvalue weighted by Gasteiger charge is -2.36. The van der Waals surface area contributed by atoms with Crippen molar-refractivity contribution in [1.82, 2.24) is 15.5 Å². The third-order valence-electron chi connectivity index (χ3n) is 4.65. The molecule has 1 aliphatic rings. The number of benzene rings is 1. The van der Waals surface area contributed by atoms with Crippen molar-refractivity contribution in [3.05, 3.63) is 35.9 Å². The van der Waals surface area contributed by atoms with E-state index in [1.54, 1.807) is 0 Å². The van der Waals surface area contributed by atoms with Gasteiger partial charge in [0.25, 0.3) is 0 Å². The van der Waals surface area contributed by atoms with E-state index in [2.05, 4.69) is 29.4 Å². The van der Waals surface area contributed by atoms with Crippen LogP contribution in [-0.4, -0.2) is 49.3 Å². The highest BCUT2D eigenvalue weighted by molar-refractivity contribution is 5.67. The molecule has 24 heavy (non-hydrogen) atoms. The van der Waals surface area contributed by atoms with Gasteiger partial charge >= 0.3 is 6.09 Å². The second-order valence-electron chi connectivity index (χ2n) is 6.41. The zero-order valence-electron chi connectivity index (χ0n) is 15.0. The number of rotatable bonds is 10. The molecule has 0 atom stereocenters. The highest BCUT2D eigenvalue weighted by atomic mass is 16.5. The van der Waals surface area contributed by atoms with Crippen molar-refractivity contribution in [3.8, 4) is 0 Å². The Morgan fingerprint density at radius 1 is 1.17 bits per heavy atom. The van der Waals surface area contributed by atoms with E-state index in [1.165, 1.54) is 6.42 Å². The van der Waals surface area contributed by atoms with Gasteiger partial charge in [0.05, 0.1) is 0 Å². The molecule has 0 unspecified atom stereocenters. The molecule has 0 bridgehead atoms. The van der Waals surface area contributed by atoms with Crippen molar-refractivity contribution in [2.75, 3.05) is 26.2 Å². The molecular weight excluding hydrogens is 302 g/mol. The summed E-state index contributed by atoms with van der Waals surface area (Å²) in [5.74, 6) is 0. The first-order chi connectivity index (χ1) is 11.7. The van der Waals surface area contributed by atoms with Crippen LogP contribution in [-0.2, 0) is 11.3 Å². The van der Waals surface area contributed by atoms with Gasteiger partial charge in [-0.2, -0.15) is 0 Å². The maximum Gasteiger partial charge on any atom is 0.407 e. The van der Waals surface area contributed by atoms with E-state index in [1.807, 2.05) is 30.3 Å². The highest BCUT2D eigenvalue weighted by Gasteiger charge is 2.30. The summed E-state index contributed by atoms with van der Waals surface area (Å²) in [6.45, 7) is 9.18. The molecule has 0 radical (unpaired) electrons. The molecule has 1 aliphatic carbocycles. The minimum atomic E-state index is -0.316. The Bertz CT molecular complexity index is 471. The van der Waals surface area contributed by atoms with Crippen molar-refractivity contribution in [2.45, 2.75) is 51.8 Å². The summed E-state index contributed by atoms with van der Waals surface area (Å²) in [6, 6.07) is 10.5. The third kappa shape index (κ3) is 6.49. The largest absolute Gasteiger partial charge is 0.445 e. The first kappa shape index (κ1) is 18.7. The molecule has 2 N–H and O–H groups in total. The topological polar surface area (TPSA) is 53.6 Å². The first-order valence-electron chi connectivity index (χ1n) is 9.14. The Morgan fingerprint density at radius 3 is 2.54 bits per heavy atom. The average Bonchev–Trinajstić information content (AvgIpc) is 2.58. The summed E-state index contributed by atoms with van der Waals surface area (Å²) in [5.41, 5.74) is 1.01. The van der Waals surface area contributed by atoms with Gasteiger partial charge in [0.15, 0.2) is 0 Å². The first-order valence-corrected chi connectivity index (χ1v) is 9.14. The van der Waals surface area contributed by atoms with E-state index in [0.29, 0.717) is 12.6 Å². The number of alkyl carbamates (subject to hydrolysis) is 1. The Labute approximate surface area is 145 Å². The lowest BCUT2D eigenvalue weighted by molar-refractivity contribution is 0.125. The van der Waals surface area contributed by atoms with E-state index in [9.17, 15) is 4.79 Å². The number of nitrogens with one attached hydrogen (secondary N) is 2. The van der Waals surface area contributed by atoms with E-state index in [4.69, 9.17) is 4.74 Å². The van der Waals surface area contributed by atoms with E-state index < -0.39 is 0 Å². The molecule has 1 fully saturated rings. The number of amides is 1. The second kappa shape index (κ2) is 10.3. The number of hydrogen-bond acceptors (Lipinski definition) is 4. The Kier molecular flexibility index (Phi) is 8.05. The fourth-order valence-corrected chi connectivity index (χ4v) is 2.98. The summed E-state index contributed by atoms with van der Waals surface area (Å²) in [6.07, 6.45) is 2.84. The van der Waals surface area contributed by atoms with Gasteiger partial charge in [0.1, 0.15) is 6.61 Å². The maximum absolute atomic E-state index is 11.8. The predicted octanol–water partition coefficient (Wildman–Crippen LogP) is 2.77. The molecule has 5 nitrogen and oxygen atoms in total. The van der Waals surface area contributed by atoms with Gasteiger partial charge in [-0.25, -0.2) is 4.79 Å². The lowest BCUT2D eigenvalue weighted by atomic mass is 9.87. The summed E-state index contributed by atoms with van der Waals surface area (Å²) < 4.78 is 5.24. The average molecular weight is 333 g/mol. The molecule has 2 rings (SSSR count). The van der Waals surface area contributed by atoms with Crippen LogP contribution in [0.5, 0.6) is 0 Å². The fourth-order valence-electron chi connectivity index (χ4n) is 2.98. The summed E-state index contributed by atoms with van der Waals surface area (Å²) in [7, 11) is 0. The zero-order chi connectivity index (χ0) is 17.2. The van der Waals surface area contributed by atoms with Crippen LogP contribution in [0.3, 0.4) is 0 Å². The van der Waals surface area contributed by atoms with Crippen LogP contribution in [0.1, 0.15) is 38.7 Å². The van der Waals surface area contributed by atoms with Crippen molar-refractivity contribution in [2.24, 2.45) is 0 Å².